The summed E-state index contributed by atoms with van der Waals surface area (Å²) in [5, 5.41) is 0. The molecule has 0 spiro atoms. The van der Waals surface area contributed by atoms with Gasteiger partial charge in [0.05, 0.1) is 0 Å². The second-order valence-corrected chi connectivity index (χ2v) is 1.02. The summed E-state index contributed by atoms with van der Waals surface area (Å²) in [5.41, 5.74) is 0. The largest absolute Gasteiger partial charge is 0.304 e. The second-order valence-electron chi connectivity index (χ2n) is 1.02. The summed E-state index contributed by atoms with van der Waals surface area (Å²) in [7, 11) is 1.64. The Kier molecular flexibility index (Phi) is 318. The first-order chi connectivity index (χ1) is 3.83. The fourth-order valence-corrected chi connectivity index (χ4v) is 0. The van der Waals surface area contributed by atoms with Crippen LogP contribution in [0.1, 0.15) is 41.5 Å². The molecule has 60 valence electrons. The first-order valence-electron chi connectivity index (χ1n) is 3.18. The molecule has 0 rings (SSSR count). The van der Waals surface area contributed by atoms with Gasteiger partial charge in [0.1, 0.15) is 0 Å². The van der Waals surface area contributed by atoms with E-state index in [2.05, 4.69) is 25.6 Å². The molecule has 9 heavy (non-hydrogen) atoms. The van der Waals surface area contributed by atoms with Crippen molar-refractivity contribution < 1.29 is 0 Å². The summed E-state index contributed by atoms with van der Waals surface area (Å²) >= 11 is 0. The van der Waals surface area contributed by atoms with Crippen LogP contribution in [0.15, 0.2) is 4.99 Å². The van der Waals surface area contributed by atoms with E-state index in [9.17, 15) is 0 Å². The maximum Gasteiger partial charge on any atom is 0.0269 e. The molecule has 0 fully saturated rings. The zero-order chi connectivity index (χ0) is 7.41. The lowest BCUT2D eigenvalue weighted by Crippen LogP contribution is -1.27. The summed E-state index contributed by atoms with van der Waals surface area (Å²) in [6, 6.07) is 0. The minimum atomic E-state index is 0. The Morgan fingerprint density at radius 3 is 1.22 bits per heavy atom. The molecular weight excluding hydrogens is 110 g/mol. The summed E-state index contributed by atoms with van der Waals surface area (Å²) < 4.78 is 0. The molecule has 0 bridgehead atoms. The number of hydrogen-bond acceptors (Lipinski definition) is 1. The molecule has 0 atom stereocenters. The van der Waals surface area contributed by atoms with Crippen LogP contribution in [0, 0.1) is 0 Å². The van der Waals surface area contributed by atoms with Crippen LogP contribution in [0.3, 0.4) is 0 Å². The highest BCUT2D eigenvalue weighted by molar-refractivity contribution is 5.22. The predicted octanol–water partition coefficient (Wildman–Crippen LogP) is 3.40. The van der Waals surface area contributed by atoms with Crippen LogP contribution in [-0.4, -0.2) is 13.8 Å². The molecule has 0 amide bonds. The molecule has 0 aromatic carbocycles. The van der Waals surface area contributed by atoms with Crippen LogP contribution in [0.4, 0.5) is 0 Å². The molecule has 0 heterocycles. The highest BCUT2D eigenvalue weighted by Crippen LogP contribution is 1.56. The van der Waals surface area contributed by atoms with Gasteiger partial charge in [-0.1, -0.05) is 41.5 Å². The van der Waals surface area contributed by atoms with Gasteiger partial charge >= 0.3 is 0 Å². The predicted molar refractivity (Wildman–Crippen MR) is 49.5 cm³/mol. The van der Waals surface area contributed by atoms with E-state index in [1.54, 1.807) is 7.05 Å². The molecule has 1 heteroatoms. The van der Waals surface area contributed by atoms with Gasteiger partial charge in [-0.05, 0) is 6.72 Å². The number of nitrogens with zero attached hydrogens (tertiary/aromatic N) is 1. The van der Waals surface area contributed by atoms with Crippen LogP contribution in [0.25, 0.3) is 0 Å². The lowest BCUT2D eigenvalue weighted by Gasteiger charge is -1.48. The Morgan fingerprint density at radius 2 is 1.22 bits per heavy atom. The van der Waals surface area contributed by atoms with Crippen molar-refractivity contribution >= 4 is 6.72 Å². The molecule has 0 aliphatic carbocycles. The van der Waals surface area contributed by atoms with Crippen molar-refractivity contribution in [1.82, 2.24) is 0 Å². The molecule has 1 nitrogen and oxygen atoms in total. The van der Waals surface area contributed by atoms with Crippen molar-refractivity contribution in [1.29, 1.82) is 0 Å². The maximum atomic E-state index is 3.25. The lowest BCUT2D eigenvalue weighted by molar-refractivity contribution is 1.09. The van der Waals surface area contributed by atoms with Crippen molar-refractivity contribution in [3.05, 3.63) is 0 Å². The molecule has 0 saturated carbocycles. The first-order valence-corrected chi connectivity index (χ1v) is 3.18. The minimum Gasteiger partial charge on any atom is -0.304 e. The normalized spacial score (nSPS) is 4.11. The summed E-state index contributed by atoms with van der Waals surface area (Å²) in [6.07, 6.45) is 1.25. The van der Waals surface area contributed by atoms with Crippen LogP contribution < -0.4 is 0 Å². The van der Waals surface area contributed by atoms with Crippen LogP contribution >= 0.6 is 0 Å². The monoisotopic (exact) mass is 133 g/mol. The lowest BCUT2D eigenvalue weighted by atomic mass is 10.6. The van der Waals surface area contributed by atoms with Crippen molar-refractivity contribution in [2.45, 2.75) is 41.5 Å². The van der Waals surface area contributed by atoms with E-state index in [4.69, 9.17) is 0 Å². The van der Waals surface area contributed by atoms with E-state index in [1.807, 2.05) is 13.8 Å². The molecule has 0 radical (unpaired) electrons. The van der Waals surface area contributed by atoms with Gasteiger partial charge in [-0.3, -0.25) is 0 Å². The van der Waals surface area contributed by atoms with Gasteiger partial charge in [0.25, 0.3) is 0 Å². The van der Waals surface area contributed by atoms with E-state index in [1.165, 1.54) is 6.42 Å². The van der Waals surface area contributed by atoms with Gasteiger partial charge in [-0.2, -0.15) is 0 Å². The number of rotatable bonds is 0. The zero-order valence-corrected chi connectivity index (χ0v) is 6.86. The van der Waals surface area contributed by atoms with Gasteiger partial charge in [0.2, 0.25) is 0 Å². The Labute approximate surface area is 61.2 Å². The summed E-state index contributed by atoms with van der Waals surface area (Å²) in [6.45, 7) is 11.4. The molecule has 0 aromatic rings. The van der Waals surface area contributed by atoms with Gasteiger partial charge < -0.3 is 4.99 Å². The third kappa shape index (κ3) is 2260. The smallest absolute Gasteiger partial charge is 0.0269 e. The zero-order valence-electron chi connectivity index (χ0n) is 6.86. The van der Waals surface area contributed by atoms with E-state index >= 15 is 0 Å². The fraction of sp³-hybridized carbons (Fsp3) is 0.875. The standard InChI is InChI=1S/C3H8.C2H5N.C2H6.CH4/c2*1-3-2;1-2;/h3H2,1-2H3;1H2,2H3;1-2H3;1H4. The summed E-state index contributed by atoms with van der Waals surface area (Å²) in [5.74, 6) is 0. The SMILES string of the molecule is C.C=NC.CC.CCC. The maximum absolute atomic E-state index is 3.25. The van der Waals surface area contributed by atoms with Gasteiger partial charge in [0.15, 0.2) is 0 Å². The third-order valence-corrected chi connectivity index (χ3v) is 0. The highest BCUT2D eigenvalue weighted by atomic mass is 14.6. The van der Waals surface area contributed by atoms with Crippen molar-refractivity contribution in [2.75, 3.05) is 7.05 Å². The van der Waals surface area contributed by atoms with Crippen LogP contribution in [0.2, 0.25) is 0 Å². The third-order valence-electron chi connectivity index (χ3n) is 0. The molecule has 0 aliphatic rings. The fourth-order valence-electron chi connectivity index (χ4n) is 0. The number of hydrogen-bond donors (Lipinski definition) is 0. The Hall–Kier alpha value is -0.330. The van der Waals surface area contributed by atoms with Crippen LogP contribution in [0.5, 0.6) is 0 Å². The topological polar surface area (TPSA) is 12.4 Å². The average molecular weight is 133 g/mol. The molecule has 0 unspecified atom stereocenters. The second kappa shape index (κ2) is 122. The Balaban J connectivity index is -0.0000000202. The van der Waals surface area contributed by atoms with Crippen molar-refractivity contribution in [3.63, 3.8) is 0 Å². The molecular formula is C8H23N. The molecule has 0 aliphatic heterocycles. The van der Waals surface area contributed by atoms with E-state index in [0.717, 1.165) is 0 Å². The highest BCUT2D eigenvalue weighted by Gasteiger charge is 1.35. The van der Waals surface area contributed by atoms with Crippen molar-refractivity contribution in [3.8, 4) is 0 Å². The van der Waals surface area contributed by atoms with E-state index < -0.39 is 0 Å². The summed E-state index contributed by atoms with van der Waals surface area (Å²) in [4.78, 5) is 3.25. The average Bonchev–Trinajstić information content (AvgIpc) is 1.75. The van der Waals surface area contributed by atoms with Gasteiger partial charge in [-0.25, -0.2) is 0 Å². The van der Waals surface area contributed by atoms with E-state index in [0.29, 0.717) is 0 Å². The van der Waals surface area contributed by atoms with Crippen molar-refractivity contribution in [2.24, 2.45) is 4.99 Å². The van der Waals surface area contributed by atoms with Gasteiger partial charge in [0, 0.05) is 7.05 Å². The minimum absolute atomic E-state index is 0. The van der Waals surface area contributed by atoms with Crippen LogP contribution in [-0.2, 0) is 0 Å². The number of aliphatic imine (C=N–C) groups is 1. The molecule has 0 aromatic heterocycles. The molecule has 0 N–H and O–H groups in total. The molecule has 0 saturated heterocycles. The van der Waals surface area contributed by atoms with E-state index in [-0.39, 0.29) is 7.43 Å². The quantitative estimate of drug-likeness (QED) is 0.449. The van der Waals surface area contributed by atoms with Gasteiger partial charge in [-0.15, -0.1) is 0 Å². The first kappa shape index (κ1) is 23.4. The Morgan fingerprint density at radius 1 is 1.22 bits per heavy atom. The Bertz CT molecular complexity index is 18.5.